The van der Waals surface area contributed by atoms with Crippen molar-refractivity contribution in [2.45, 2.75) is 26.8 Å². The summed E-state index contributed by atoms with van der Waals surface area (Å²) in [6, 6.07) is 12.6. The predicted octanol–water partition coefficient (Wildman–Crippen LogP) is 4.26. The van der Waals surface area contributed by atoms with Crippen LogP contribution in [0.3, 0.4) is 0 Å². The van der Waals surface area contributed by atoms with E-state index in [1.54, 1.807) is 18.5 Å². The van der Waals surface area contributed by atoms with Crippen LogP contribution in [0.15, 0.2) is 48.5 Å². The Bertz CT molecular complexity index is 951. The summed E-state index contributed by atoms with van der Waals surface area (Å²) in [7, 11) is 0. The Balaban J connectivity index is 1.86. The first-order valence-corrected chi connectivity index (χ1v) is 8.26. The average molecular weight is 355 g/mol. The third-order valence-corrected chi connectivity index (χ3v) is 4.31. The molecule has 1 atom stereocenters. The van der Waals surface area contributed by atoms with Gasteiger partial charge < -0.3 is 5.32 Å². The SMILES string of the molecule is Cc1nn(-c2ccccc2)c(C)c1C(=O)N[C@H](C)c1ccc(F)c(F)c1. The van der Waals surface area contributed by atoms with Gasteiger partial charge >= 0.3 is 0 Å². The van der Waals surface area contributed by atoms with Gasteiger partial charge in [0.05, 0.1) is 28.7 Å². The van der Waals surface area contributed by atoms with Crippen LogP contribution in [0.2, 0.25) is 0 Å². The van der Waals surface area contributed by atoms with Crippen molar-refractivity contribution in [1.82, 2.24) is 15.1 Å². The molecule has 1 aromatic heterocycles. The highest BCUT2D eigenvalue weighted by molar-refractivity contribution is 5.96. The van der Waals surface area contributed by atoms with Gasteiger partial charge in [0.15, 0.2) is 11.6 Å². The van der Waals surface area contributed by atoms with Gasteiger partial charge in [-0.05, 0) is 50.6 Å². The normalized spacial score (nSPS) is 12.0. The van der Waals surface area contributed by atoms with Crippen LogP contribution < -0.4 is 5.32 Å². The summed E-state index contributed by atoms with van der Waals surface area (Å²) in [5.41, 5.74) is 3.14. The first kappa shape index (κ1) is 17.8. The van der Waals surface area contributed by atoms with Crippen molar-refractivity contribution in [2.24, 2.45) is 0 Å². The Hall–Kier alpha value is -3.02. The predicted molar refractivity (Wildman–Crippen MR) is 95.3 cm³/mol. The lowest BCUT2D eigenvalue weighted by atomic mass is 10.1. The second kappa shape index (κ2) is 7.07. The minimum absolute atomic E-state index is 0.306. The van der Waals surface area contributed by atoms with Crippen LogP contribution in [0.4, 0.5) is 8.78 Å². The fraction of sp³-hybridized carbons (Fsp3) is 0.200. The van der Waals surface area contributed by atoms with Gasteiger partial charge in [-0.2, -0.15) is 5.10 Å². The summed E-state index contributed by atoms with van der Waals surface area (Å²) < 4.78 is 28.2. The second-order valence-corrected chi connectivity index (χ2v) is 6.16. The third kappa shape index (κ3) is 3.35. The zero-order valence-electron chi connectivity index (χ0n) is 14.8. The van der Waals surface area contributed by atoms with Gasteiger partial charge in [-0.3, -0.25) is 4.79 Å². The van der Waals surface area contributed by atoms with Crippen LogP contribution >= 0.6 is 0 Å². The number of aromatic nitrogens is 2. The van der Waals surface area contributed by atoms with E-state index in [-0.39, 0.29) is 5.91 Å². The van der Waals surface area contributed by atoms with E-state index in [1.807, 2.05) is 37.3 Å². The van der Waals surface area contributed by atoms with Crippen molar-refractivity contribution in [1.29, 1.82) is 0 Å². The number of benzene rings is 2. The fourth-order valence-electron chi connectivity index (χ4n) is 2.93. The number of aryl methyl sites for hydroxylation is 1. The number of para-hydroxylation sites is 1. The molecule has 0 aliphatic rings. The number of nitrogens with one attached hydrogen (secondary N) is 1. The fourth-order valence-corrected chi connectivity index (χ4v) is 2.93. The molecule has 4 nitrogen and oxygen atoms in total. The van der Waals surface area contributed by atoms with Gasteiger partial charge in [0.1, 0.15) is 0 Å². The van der Waals surface area contributed by atoms with E-state index < -0.39 is 17.7 Å². The average Bonchev–Trinajstić information content (AvgIpc) is 2.92. The van der Waals surface area contributed by atoms with E-state index >= 15 is 0 Å². The van der Waals surface area contributed by atoms with E-state index in [1.165, 1.54) is 6.07 Å². The zero-order valence-corrected chi connectivity index (χ0v) is 14.8. The largest absolute Gasteiger partial charge is 0.345 e. The van der Waals surface area contributed by atoms with Gasteiger partial charge in [-0.1, -0.05) is 24.3 Å². The Morgan fingerprint density at radius 3 is 2.42 bits per heavy atom. The number of carbonyl (C=O) groups is 1. The van der Waals surface area contributed by atoms with Crippen LogP contribution in [0.1, 0.15) is 40.3 Å². The molecule has 0 saturated carbocycles. The van der Waals surface area contributed by atoms with Crippen LogP contribution in [-0.2, 0) is 0 Å². The topological polar surface area (TPSA) is 46.9 Å². The smallest absolute Gasteiger partial charge is 0.255 e. The molecule has 134 valence electrons. The van der Waals surface area contributed by atoms with E-state index in [2.05, 4.69) is 10.4 Å². The number of carbonyl (C=O) groups excluding carboxylic acids is 1. The standard InChI is InChI=1S/C20H19F2N3O/c1-12(15-9-10-17(21)18(22)11-15)23-20(26)19-13(2)24-25(14(19)3)16-7-5-4-6-8-16/h4-12H,1-3H3,(H,23,26)/t12-/m1/s1. The molecule has 0 aliphatic heterocycles. The molecule has 0 unspecified atom stereocenters. The summed E-state index contributed by atoms with van der Waals surface area (Å²) in [5, 5.41) is 7.28. The maximum absolute atomic E-state index is 13.4. The number of rotatable bonds is 4. The summed E-state index contributed by atoms with van der Waals surface area (Å²) in [6.07, 6.45) is 0. The van der Waals surface area contributed by atoms with Gasteiger partial charge in [0.2, 0.25) is 0 Å². The van der Waals surface area contributed by atoms with Gasteiger partial charge in [0, 0.05) is 0 Å². The molecule has 0 radical (unpaired) electrons. The van der Waals surface area contributed by atoms with Crippen molar-refractivity contribution in [3.05, 3.63) is 82.7 Å². The molecule has 0 saturated heterocycles. The molecule has 3 aromatic rings. The Labute approximate surface area is 150 Å². The summed E-state index contributed by atoms with van der Waals surface area (Å²) in [4.78, 5) is 12.7. The first-order chi connectivity index (χ1) is 12.4. The van der Waals surface area contributed by atoms with Crippen molar-refractivity contribution in [2.75, 3.05) is 0 Å². The molecule has 0 spiro atoms. The Morgan fingerprint density at radius 2 is 1.77 bits per heavy atom. The molecule has 0 fully saturated rings. The molecule has 1 N–H and O–H groups in total. The monoisotopic (exact) mass is 355 g/mol. The van der Waals surface area contributed by atoms with Crippen LogP contribution in [0, 0.1) is 25.5 Å². The van der Waals surface area contributed by atoms with Crippen molar-refractivity contribution < 1.29 is 13.6 Å². The van der Waals surface area contributed by atoms with E-state index in [0.29, 0.717) is 22.5 Å². The number of hydrogen-bond acceptors (Lipinski definition) is 2. The number of halogens is 2. The first-order valence-electron chi connectivity index (χ1n) is 8.26. The van der Waals surface area contributed by atoms with Gasteiger partial charge in [0.25, 0.3) is 5.91 Å². The second-order valence-electron chi connectivity index (χ2n) is 6.16. The van der Waals surface area contributed by atoms with Crippen molar-refractivity contribution in [3.8, 4) is 5.69 Å². The number of hydrogen-bond donors (Lipinski definition) is 1. The van der Waals surface area contributed by atoms with Crippen LogP contribution in [0.5, 0.6) is 0 Å². The molecule has 1 heterocycles. The molecule has 6 heteroatoms. The minimum Gasteiger partial charge on any atom is -0.345 e. The zero-order chi connectivity index (χ0) is 18.8. The third-order valence-electron chi connectivity index (χ3n) is 4.31. The molecule has 3 rings (SSSR count). The summed E-state index contributed by atoms with van der Waals surface area (Å²) >= 11 is 0. The minimum atomic E-state index is -0.937. The molecule has 0 bridgehead atoms. The highest BCUT2D eigenvalue weighted by atomic mass is 19.2. The Morgan fingerprint density at radius 1 is 1.08 bits per heavy atom. The molecule has 26 heavy (non-hydrogen) atoms. The molecule has 2 aromatic carbocycles. The molecule has 1 amide bonds. The molecular formula is C20H19F2N3O. The quantitative estimate of drug-likeness (QED) is 0.760. The molecular weight excluding hydrogens is 336 g/mol. The van der Waals surface area contributed by atoms with E-state index in [9.17, 15) is 13.6 Å². The molecule has 0 aliphatic carbocycles. The summed E-state index contributed by atoms with van der Waals surface area (Å²) in [6.45, 7) is 5.31. The van der Waals surface area contributed by atoms with E-state index in [4.69, 9.17) is 0 Å². The lowest BCUT2D eigenvalue weighted by Crippen LogP contribution is -2.27. The van der Waals surface area contributed by atoms with Crippen LogP contribution in [-0.4, -0.2) is 15.7 Å². The lowest BCUT2D eigenvalue weighted by molar-refractivity contribution is 0.0938. The maximum Gasteiger partial charge on any atom is 0.255 e. The lowest BCUT2D eigenvalue weighted by Gasteiger charge is -2.15. The number of nitrogens with zero attached hydrogens (tertiary/aromatic N) is 2. The van der Waals surface area contributed by atoms with Crippen molar-refractivity contribution >= 4 is 5.91 Å². The highest BCUT2D eigenvalue weighted by Gasteiger charge is 2.21. The Kier molecular flexibility index (Phi) is 4.84. The number of amides is 1. The van der Waals surface area contributed by atoms with Gasteiger partial charge in [-0.25, -0.2) is 13.5 Å². The van der Waals surface area contributed by atoms with E-state index in [0.717, 1.165) is 17.8 Å². The maximum atomic E-state index is 13.4. The summed E-state index contributed by atoms with van der Waals surface area (Å²) in [5.74, 6) is -2.16. The van der Waals surface area contributed by atoms with Gasteiger partial charge in [-0.15, -0.1) is 0 Å². The highest BCUT2D eigenvalue weighted by Crippen LogP contribution is 2.20. The van der Waals surface area contributed by atoms with Crippen molar-refractivity contribution in [3.63, 3.8) is 0 Å². The van der Waals surface area contributed by atoms with Crippen LogP contribution in [0.25, 0.3) is 5.69 Å².